The number of thiol groups is 1. The number of carbonyl (C=O) groups is 2. The molecule has 2 aromatic rings. The number of nitrogens with two attached hydrogens (primary N) is 1. The fourth-order valence-corrected chi connectivity index (χ4v) is 3.99. The van der Waals surface area contributed by atoms with Crippen molar-refractivity contribution in [2.24, 2.45) is 0 Å². The number of allylic oxidation sites excluding steroid dienone is 1. The number of hydrogen-bond donors (Lipinski definition) is 5. The summed E-state index contributed by atoms with van der Waals surface area (Å²) in [5.74, 6) is -0.937. The summed E-state index contributed by atoms with van der Waals surface area (Å²) in [4.78, 5) is 25.9. The van der Waals surface area contributed by atoms with E-state index >= 15 is 0 Å². The van der Waals surface area contributed by atoms with Crippen molar-refractivity contribution in [3.63, 3.8) is 0 Å². The zero-order valence-corrected chi connectivity index (χ0v) is 20.3. The molecule has 0 bridgehead atoms. The van der Waals surface area contributed by atoms with Crippen molar-refractivity contribution in [3.8, 4) is 0 Å². The number of nitrogen functional groups attached to an aromatic ring is 1. The zero-order valence-electron chi connectivity index (χ0n) is 17.5. The van der Waals surface area contributed by atoms with E-state index in [0.29, 0.717) is 43.4 Å². The Hall–Kier alpha value is -2.34. The molecule has 2 unspecified atom stereocenters. The van der Waals surface area contributed by atoms with Gasteiger partial charge in [-0.2, -0.15) is 0 Å². The molecule has 164 valence electrons. The molecule has 5 N–H and O–H groups in total. The van der Waals surface area contributed by atoms with E-state index < -0.39 is 5.92 Å². The third-order valence-corrected chi connectivity index (χ3v) is 6.05. The maximum Gasteiger partial charge on any atom is 0.253 e. The van der Waals surface area contributed by atoms with Gasteiger partial charge in [0.1, 0.15) is 0 Å². The first-order chi connectivity index (χ1) is 14.7. The van der Waals surface area contributed by atoms with Crippen molar-refractivity contribution in [1.82, 2.24) is 5.32 Å². The summed E-state index contributed by atoms with van der Waals surface area (Å²) in [5, 5.41) is 14.3. The molecule has 2 aromatic carbocycles. The van der Waals surface area contributed by atoms with Crippen LogP contribution in [0.25, 0.3) is 0 Å². The lowest BCUT2D eigenvalue weighted by Crippen LogP contribution is -2.35. The van der Waals surface area contributed by atoms with Gasteiger partial charge >= 0.3 is 0 Å². The van der Waals surface area contributed by atoms with Gasteiger partial charge in [0, 0.05) is 51.7 Å². The Bertz CT molecular complexity index is 1070. The number of halogens is 1. The normalized spacial score (nSPS) is 15.5. The van der Waals surface area contributed by atoms with Crippen LogP contribution in [0.3, 0.4) is 0 Å². The van der Waals surface area contributed by atoms with Crippen molar-refractivity contribution in [2.75, 3.05) is 11.1 Å². The summed E-state index contributed by atoms with van der Waals surface area (Å²) in [6, 6.07) is 8.58. The fraction of sp³-hybridized carbons (Fsp3) is 0.227. The molecular formula is C22H26ClN4O2PS. The maximum atomic E-state index is 13.2. The highest BCUT2D eigenvalue weighted by Gasteiger charge is 2.32. The minimum Gasteiger partial charge on any atom is -0.398 e. The van der Waals surface area contributed by atoms with Crippen molar-refractivity contribution >= 4 is 68.2 Å². The third kappa shape index (κ3) is 5.67. The van der Waals surface area contributed by atoms with Crippen molar-refractivity contribution in [1.29, 1.82) is 5.41 Å². The molecule has 0 fully saturated rings. The van der Waals surface area contributed by atoms with Crippen LogP contribution in [0.5, 0.6) is 0 Å². The van der Waals surface area contributed by atoms with Crippen LogP contribution in [0.15, 0.2) is 46.5 Å². The van der Waals surface area contributed by atoms with Crippen LogP contribution in [-0.2, 0) is 9.59 Å². The average Bonchev–Trinajstić information content (AvgIpc) is 2.72. The second-order valence-corrected chi connectivity index (χ2v) is 8.23. The number of carbonyl (C=O) groups excluding carboxylic acids is 2. The molecule has 2 amide bonds. The Kier molecular flexibility index (Phi) is 8.69. The van der Waals surface area contributed by atoms with E-state index in [1.54, 1.807) is 37.3 Å². The predicted molar refractivity (Wildman–Crippen MR) is 135 cm³/mol. The maximum absolute atomic E-state index is 13.2. The summed E-state index contributed by atoms with van der Waals surface area (Å²) in [5.41, 5.74) is 9.09. The van der Waals surface area contributed by atoms with Gasteiger partial charge in [-0.15, -0.1) is 21.9 Å². The van der Waals surface area contributed by atoms with E-state index in [4.69, 9.17) is 22.7 Å². The Morgan fingerprint density at radius 1 is 1.35 bits per heavy atom. The van der Waals surface area contributed by atoms with Gasteiger partial charge in [-0.05, 0) is 42.1 Å². The number of anilines is 2. The molecule has 0 spiro atoms. The standard InChI is InChI=1S/C20H20ClN4O2PS.C2H6/c1-9-19(20(27)25-15-4-11(8-22)14(23)7-16(15)28)12(6-18(26)24-9)10-2-3-13(21)17(29)5-10;1-2/h2-5,7-8,12,22,29H,6,23,28H2,1H3,(H,24,26)(H,25,27);1-2H3. The average molecular weight is 477 g/mol. The number of hydrogen-bond acceptors (Lipinski definition) is 5. The lowest BCUT2D eigenvalue weighted by Gasteiger charge is -2.27. The van der Waals surface area contributed by atoms with Crippen LogP contribution in [-0.4, -0.2) is 18.0 Å². The first-order valence-electron chi connectivity index (χ1n) is 9.71. The van der Waals surface area contributed by atoms with E-state index in [9.17, 15) is 9.59 Å². The summed E-state index contributed by atoms with van der Waals surface area (Å²) in [6.07, 6.45) is 1.27. The highest BCUT2D eigenvalue weighted by atomic mass is 35.5. The van der Waals surface area contributed by atoms with Gasteiger partial charge in [0.25, 0.3) is 5.91 Å². The molecule has 2 atom stereocenters. The van der Waals surface area contributed by atoms with Crippen LogP contribution in [0.2, 0.25) is 5.02 Å². The molecule has 1 heterocycles. The second-order valence-electron chi connectivity index (χ2n) is 6.72. The van der Waals surface area contributed by atoms with Gasteiger partial charge in [0.15, 0.2) is 0 Å². The van der Waals surface area contributed by atoms with Crippen LogP contribution in [0, 0.1) is 5.41 Å². The van der Waals surface area contributed by atoms with Gasteiger partial charge in [-0.25, -0.2) is 0 Å². The molecule has 0 aliphatic carbocycles. The molecule has 0 saturated carbocycles. The second kappa shape index (κ2) is 10.8. The molecule has 1 aliphatic heterocycles. The molecule has 0 aromatic heterocycles. The van der Waals surface area contributed by atoms with E-state index in [0.717, 1.165) is 11.8 Å². The van der Waals surface area contributed by atoms with Crippen molar-refractivity contribution in [3.05, 3.63) is 57.8 Å². The third-order valence-electron chi connectivity index (χ3n) is 4.74. The smallest absolute Gasteiger partial charge is 0.253 e. The van der Waals surface area contributed by atoms with Gasteiger partial charge < -0.3 is 21.8 Å². The zero-order chi connectivity index (χ0) is 23.3. The fourth-order valence-electron chi connectivity index (χ4n) is 3.31. The molecular weight excluding hydrogens is 451 g/mol. The van der Waals surface area contributed by atoms with Gasteiger partial charge in [0.05, 0.1) is 5.02 Å². The summed E-state index contributed by atoms with van der Waals surface area (Å²) >= 11 is 10.4. The lowest BCUT2D eigenvalue weighted by molar-refractivity contribution is -0.121. The number of benzene rings is 2. The largest absolute Gasteiger partial charge is 0.398 e. The topological polar surface area (TPSA) is 108 Å². The molecule has 0 radical (unpaired) electrons. The Balaban J connectivity index is 0.00000166. The Morgan fingerprint density at radius 2 is 2.03 bits per heavy atom. The highest BCUT2D eigenvalue weighted by molar-refractivity contribution is 7.80. The number of amides is 2. The van der Waals surface area contributed by atoms with Crippen LogP contribution in [0.4, 0.5) is 11.4 Å². The highest BCUT2D eigenvalue weighted by Crippen LogP contribution is 2.36. The van der Waals surface area contributed by atoms with Gasteiger partial charge in [0.2, 0.25) is 5.91 Å². The summed E-state index contributed by atoms with van der Waals surface area (Å²) < 4.78 is 0. The Labute approximate surface area is 195 Å². The molecule has 9 heteroatoms. The van der Waals surface area contributed by atoms with Crippen molar-refractivity contribution < 1.29 is 9.59 Å². The van der Waals surface area contributed by atoms with E-state index in [1.165, 1.54) is 0 Å². The Morgan fingerprint density at radius 3 is 2.65 bits per heavy atom. The predicted octanol–water partition coefficient (Wildman–Crippen LogP) is 4.25. The van der Waals surface area contributed by atoms with Gasteiger partial charge in [-0.1, -0.05) is 31.5 Å². The van der Waals surface area contributed by atoms with Crippen molar-refractivity contribution in [2.45, 2.75) is 38.0 Å². The quantitative estimate of drug-likeness (QED) is 0.197. The van der Waals surface area contributed by atoms with E-state index in [1.807, 2.05) is 13.8 Å². The van der Waals surface area contributed by atoms with Crippen LogP contribution in [0.1, 0.15) is 44.2 Å². The lowest BCUT2D eigenvalue weighted by atomic mass is 9.84. The molecule has 31 heavy (non-hydrogen) atoms. The van der Waals surface area contributed by atoms with Gasteiger partial charge in [-0.3, -0.25) is 9.59 Å². The van der Waals surface area contributed by atoms with Crippen LogP contribution >= 0.6 is 33.5 Å². The summed E-state index contributed by atoms with van der Waals surface area (Å²) in [6.45, 7) is 5.70. The molecule has 6 nitrogen and oxygen atoms in total. The summed E-state index contributed by atoms with van der Waals surface area (Å²) in [7, 11) is 2.52. The minimum absolute atomic E-state index is 0.135. The van der Waals surface area contributed by atoms with E-state index in [2.05, 4.69) is 32.5 Å². The number of rotatable bonds is 4. The monoisotopic (exact) mass is 476 g/mol. The number of nitrogens with one attached hydrogen (secondary N) is 3. The van der Waals surface area contributed by atoms with Crippen LogP contribution < -0.4 is 21.7 Å². The minimum atomic E-state index is -0.434. The molecule has 0 saturated heterocycles. The first-order valence-corrected chi connectivity index (χ1v) is 11.1. The SMILES string of the molecule is CC.CC1=C(C(=O)Nc2cc(C=N)c(N)cc2P)C(c2ccc(Cl)c(S)c2)CC(=O)N1. The first kappa shape index (κ1) is 24.9. The molecule has 3 rings (SSSR count). The molecule has 1 aliphatic rings. The van der Waals surface area contributed by atoms with E-state index in [-0.39, 0.29) is 18.2 Å².